The van der Waals surface area contributed by atoms with E-state index in [2.05, 4.69) is 9.80 Å². The Labute approximate surface area is 161 Å². The fourth-order valence-electron chi connectivity index (χ4n) is 3.67. The first kappa shape index (κ1) is 19.4. The van der Waals surface area contributed by atoms with Crippen LogP contribution in [0.3, 0.4) is 0 Å². The summed E-state index contributed by atoms with van der Waals surface area (Å²) in [6.45, 7) is 4.27. The molecule has 1 atom stereocenters. The van der Waals surface area contributed by atoms with Crippen LogP contribution in [0.4, 0.5) is 0 Å². The maximum absolute atomic E-state index is 12.9. The van der Waals surface area contributed by atoms with E-state index in [1.54, 1.807) is 7.11 Å². The minimum atomic E-state index is 0.0916. The molecule has 5 nitrogen and oxygen atoms in total. The lowest BCUT2D eigenvalue weighted by atomic mass is 10.1. The lowest BCUT2D eigenvalue weighted by Gasteiger charge is -2.35. The van der Waals surface area contributed by atoms with Crippen LogP contribution in [0.5, 0.6) is 11.5 Å². The third kappa shape index (κ3) is 5.55. The Bertz CT molecular complexity index is 578. The SMILES string of the molecule is COc1cccc(OCC(=O)N2CCCSCC2CN2CCCCC2)c1. The van der Waals surface area contributed by atoms with Crippen LogP contribution in [0.1, 0.15) is 25.7 Å². The van der Waals surface area contributed by atoms with Crippen LogP contribution in [0, 0.1) is 0 Å². The minimum absolute atomic E-state index is 0.0916. The molecular formula is C20H30N2O3S. The molecule has 0 aromatic heterocycles. The molecule has 26 heavy (non-hydrogen) atoms. The lowest BCUT2D eigenvalue weighted by molar-refractivity contribution is -0.135. The summed E-state index contributed by atoms with van der Waals surface area (Å²) in [5.41, 5.74) is 0. The zero-order valence-corrected chi connectivity index (χ0v) is 16.5. The molecule has 2 saturated heterocycles. The largest absolute Gasteiger partial charge is 0.497 e. The Kier molecular flexibility index (Phi) is 7.50. The summed E-state index contributed by atoms with van der Waals surface area (Å²) < 4.78 is 11.0. The van der Waals surface area contributed by atoms with Crippen molar-refractivity contribution < 1.29 is 14.3 Å². The van der Waals surface area contributed by atoms with Crippen LogP contribution < -0.4 is 9.47 Å². The molecular weight excluding hydrogens is 348 g/mol. The van der Waals surface area contributed by atoms with Gasteiger partial charge in [0.1, 0.15) is 11.5 Å². The van der Waals surface area contributed by atoms with Crippen molar-refractivity contribution in [2.45, 2.75) is 31.7 Å². The van der Waals surface area contributed by atoms with E-state index in [1.165, 1.54) is 32.4 Å². The molecule has 2 heterocycles. The number of nitrogens with zero attached hydrogens (tertiary/aromatic N) is 2. The molecule has 2 fully saturated rings. The number of hydrogen-bond acceptors (Lipinski definition) is 5. The summed E-state index contributed by atoms with van der Waals surface area (Å²) in [5, 5.41) is 0. The van der Waals surface area contributed by atoms with Crippen molar-refractivity contribution in [2.75, 3.05) is 51.4 Å². The lowest BCUT2D eigenvalue weighted by Crippen LogP contribution is -2.50. The van der Waals surface area contributed by atoms with Gasteiger partial charge in [0, 0.05) is 24.9 Å². The molecule has 2 aliphatic heterocycles. The van der Waals surface area contributed by atoms with Crippen molar-refractivity contribution in [3.8, 4) is 11.5 Å². The summed E-state index contributed by atoms with van der Waals surface area (Å²) in [5.74, 6) is 3.68. The van der Waals surface area contributed by atoms with Gasteiger partial charge in [-0.25, -0.2) is 0 Å². The van der Waals surface area contributed by atoms with Gasteiger partial charge in [-0.15, -0.1) is 0 Å². The summed E-state index contributed by atoms with van der Waals surface area (Å²) in [6.07, 6.45) is 4.97. The summed E-state index contributed by atoms with van der Waals surface area (Å²) >= 11 is 1.98. The maximum Gasteiger partial charge on any atom is 0.260 e. The fourth-order valence-corrected chi connectivity index (χ4v) is 4.72. The molecule has 0 radical (unpaired) electrons. The van der Waals surface area contributed by atoms with Crippen LogP contribution in [-0.4, -0.2) is 73.2 Å². The van der Waals surface area contributed by atoms with Crippen molar-refractivity contribution >= 4 is 17.7 Å². The second kappa shape index (κ2) is 10.1. The van der Waals surface area contributed by atoms with Gasteiger partial charge in [-0.1, -0.05) is 12.5 Å². The Morgan fingerprint density at radius 1 is 1.15 bits per heavy atom. The number of carbonyl (C=O) groups is 1. The smallest absolute Gasteiger partial charge is 0.260 e. The monoisotopic (exact) mass is 378 g/mol. The highest BCUT2D eigenvalue weighted by molar-refractivity contribution is 7.99. The Hall–Kier alpha value is -1.40. The molecule has 0 spiro atoms. The van der Waals surface area contributed by atoms with Gasteiger partial charge in [0.25, 0.3) is 5.91 Å². The van der Waals surface area contributed by atoms with E-state index < -0.39 is 0 Å². The van der Waals surface area contributed by atoms with Gasteiger partial charge >= 0.3 is 0 Å². The fraction of sp³-hybridized carbons (Fsp3) is 0.650. The van der Waals surface area contributed by atoms with Crippen molar-refractivity contribution in [1.29, 1.82) is 0 Å². The average molecular weight is 379 g/mol. The van der Waals surface area contributed by atoms with Gasteiger partial charge < -0.3 is 19.3 Å². The molecule has 1 unspecified atom stereocenters. The quantitative estimate of drug-likeness (QED) is 0.761. The number of piperidine rings is 1. The Morgan fingerprint density at radius 3 is 2.77 bits per heavy atom. The molecule has 1 amide bonds. The second-order valence-electron chi connectivity index (χ2n) is 7.00. The number of amides is 1. The van der Waals surface area contributed by atoms with E-state index in [4.69, 9.17) is 9.47 Å². The standard InChI is InChI=1S/C20H30N2O3S/c1-24-18-7-5-8-19(13-18)25-15-20(23)22-11-6-12-26-16-17(22)14-21-9-3-2-4-10-21/h5,7-8,13,17H,2-4,6,9-12,14-16H2,1H3. The van der Waals surface area contributed by atoms with Crippen LogP contribution in [0.2, 0.25) is 0 Å². The molecule has 0 bridgehead atoms. The van der Waals surface area contributed by atoms with E-state index >= 15 is 0 Å². The summed E-state index contributed by atoms with van der Waals surface area (Å²) in [6, 6.07) is 7.72. The highest BCUT2D eigenvalue weighted by Crippen LogP contribution is 2.21. The van der Waals surface area contributed by atoms with Crippen LogP contribution in [-0.2, 0) is 4.79 Å². The number of hydrogen-bond donors (Lipinski definition) is 0. The number of rotatable bonds is 6. The molecule has 1 aromatic rings. The normalized spacial score (nSPS) is 21.9. The van der Waals surface area contributed by atoms with Gasteiger partial charge in [-0.2, -0.15) is 11.8 Å². The zero-order valence-electron chi connectivity index (χ0n) is 15.7. The number of benzene rings is 1. The van der Waals surface area contributed by atoms with Gasteiger partial charge in [0.05, 0.1) is 13.2 Å². The first-order valence-corrected chi connectivity index (χ1v) is 10.8. The van der Waals surface area contributed by atoms with E-state index in [1.807, 2.05) is 36.0 Å². The number of ether oxygens (including phenoxy) is 2. The molecule has 1 aromatic carbocycles. The van der Waals surface area contributed by atoms with E-state index in [0.717, 1.165) is 36.8 Å². The molecule has 2 aliphatic rings. The van der Waals surface area contributed by atoms with Gasteiger partial charge in [-0.05, 0) is 50.2 Å². The number of thioether (sulfide) groups is 1. The van der Waals surface area contributed by atoms with Crippen LogP contribution in [0.15, 0.2) is 24.3 Å². The zero-order chi connectivity index (χ0) is 18.2. The van der Waals surface area contributed by atoms with E-state index in [9.17, 15) is 4.79 Å². The predicted octanol–water partition coefficient (Wildman–Crippen LogP) is 2.89. The number of methoxy groups -OCH3 is 1. The van der Waals surface area contributed by atoms with Gasteiger partial charge in [0.15, 0.2) is 6.61 Å². The van der Waals surface area contributed by atoms with E-state index in [0.29, 0.717) is 11.8 Å². The van der Waals surface area contributed by atoms with Crippen molar-refractivity contribution in [2.24, 2.45) is 0 Å². The average Bonchev–Trinajstić information content (AvgIpc) is 2.92. The molecule has 0 saturated carbocycles. The molecule has 3 rings (SSSR count). The van der Waals surface area contributed by atoms with Gasteiger partial charge in [-0.3, -0.25) is 4.79 Å². The second-order valence-corrected chi connectivity index (χ2v) is 8.15. The third-order valence-electron chi connectivity index (χ3n) is 5.08. The topological polar surface area (TPSA) is 42.0 Å². The minimum Gasteiger partial charge on any atom is -0.497 e. The number of likely N-dealkylation sites (tertiary alicyclic amines) is 1. The van der Waals surface area contributed by atoms with Crippen LogP contribution in [0.25, 0.3) is 0 Å². The first-order valence-electron chi connectivity index (χ1n) is 9.62. The summed E-state index contributed by atoms with van der Waals surface area (Å²) in [4.78, 5) is 17.5. The molecule has 6 heteroatoms. The Balaban J connectivity index is 1.58. The summed E-state index contributed by atoms with van der Waals surface area (Å²) in [7, 11) is 1.63. The molecule has 0 aliphatic carbocycles. The third-order valence-corrected chi connectivity index (χ3v) is 6.28. The van der Waals surface area contributed by atoms with Crippen molar-refractivity contribution in [1.82, 2.24) is 9.80 Å². The van der Waals surface area contributed by atoms with Crippen molar-refractivity contribution in [3.63, 3.8) is 0 Å². The highest BCUT2D eigenvalue weighted by atomic mass is 32.2. The predicted molar refractivity (Wildman–Crippen MR) is 106 cm³/mol. The Morgan fingerprint density at radius 2 is 1.96 bits per heavy atom. The molecule has 144 valence electrons. The maximum atomic E-state index is 12.9. The molecule has 0 N–H and O–H groups in total. The van der Waals surface area contributed by atoms with Gasteiger partial charge in [0.2, 0.25) is 0 Å². The first-order chi connectivity index (χ1) is 12.8. The highest BCUT2D eigenvalue weighted by Gasteiger charge is 2.28. The van der Waals surface area contributed by atoms with Crippen molar-refractivity contribution in [3.05, 3.63) is 24.3 Å². The number of carbonyl (C=O) groups excluding carboxylic acids is 1. The van der Waals surface area contributed by atoms with Crippen LogP contribution >= 0.6 is 11.8 Å². The van der Waals surface area contributed by atoms with E-state index in [-0.39, 0.29) is 12.5 Å².